The number of aryl methyl sites for hydroxylation is 1. The molecule has 0 spiro atoms. The number of hydrogen-bond acceptors (Lipinski definition) is 5. The molecule has 168 valence electrons. The van der Waals surface area contributed by atoms with Crippen LogP contribution >= 0.6 is 7.82 Å². The van der Waals surface area contributed by atoms with Crippen molar-refractivity contribution in [3.8, 4) is 0 Å². The minimum atomic E-state index is -4.82. The molecule has 2 amide bonds. The van der Waals surface area contributed by atoms with E-state index in [4.69, 9.17) is 14.9 Å². The average molecular weight is 444 g/mol. The second-order valence-electron chi connectivity index (χ2n) is 6.74. The Morgan fingerprint density at radius 2 is 1.63 bits per heavy atom. The molecule has 5 N–H and O–H groups in total. The van der Waals surface area contributed by atoms with Gasteiger partial charge in [0.25, 0.3) is 0 Å². The number of phosphoric ester groups is 1. The molecule has 11 heteroatoms. The molecule has 0 saturated heterocycles. The monoisotopic (exact) mass is 444 g/mol. The normalized spacial score (nSPS) is 12.2. The van der Waals surface area contributed by atoms with E-state index in [1.165, 1.54) is 5.56 Å². The molecule has 1 unspecified atom stereocenters. The molecule has 1 rings (SSSR count). The summed E-state index contributed by atoms with van der Waals surface area (Å²) >= 11 is 0. The van der Waals surface area contributed by atoms with E-state index in [1.54, 1.807) is 0 Å². The maximum Gasteiger partial charge on any atom is 0.469 e. The topological polar surface area (TPSA) is 162 Å². The highest BCUT2D eigenvalue weighted by Crippen LogP contribution is 2.35. The zero-order valence-electron chi connectivity index (χ0n) is 16.7. The van der Waals surface area contributed by atoms with Gasteiger partial charge in [0.05, 0.1) is 6.61 Å². The Hall–Kier alpha value is -2.26. The first-order valence-electron chi connectivity index (χ1n) is 9.70. The molecular formula is C19H29N2O8P. The number of carboxylic acids is 1. The van der Waals surface area contributed by atoms with Crippen molar-refractivity contribution < 1.29 is 38.4 Å². The van der Waals surface area contributed by atoms with Crippen molar-refractivity contribution in [1.29, 1.82) is 0 Å². The van der Waals surface area contributed by atoms with Crippen LogP contribution in [0.2, 0.25) is 0 Å². The van der Waals surface area contributed by atoms with Crippen molar-refractivity contribution in [2.45, 2.75) is 51.0 Å². The number of unbranched alkanes of at least 4 members (excludes halogenated alkanes) is 2. The third kappa shape index (κ3) is 13.1. The van der Waals surface area contributed by atoms with E-state index in [-0.39, 0.29) is 12.3 Å². The van der Waals surface area contributed by atoms with Crippen LogP contribution < -0.4 is 10.6 Å². The zero-order valence-corrected chi connectivity index (χ0v) is 17.6. The van der Waals surface area contributed by atoms with Gasteiger partial charge in [-0.25, -0.2) is 9.36 Å². The van der Waals surface area contributed by atoms with Crippen LogP contribution in [0.5, 0.6) is 0 Å². The molecule has 0 aliphatic rings. The van der Waals surface area contributed by atoms with Crippen LogP contribution in [0, 0.1) is 0 Å². The first-order chi connectivity index (χ1) is 14.2. The first kappa shape index (κ1) is 25.8. The standard InChI is InChI=1S/C19H29N2O8P/c22-17(12-7-10-15-8-3-1-4-9-15)20-13-6-2-5-11-18(23)21-16(19(24)25)14-29-30(26,27)28/h1,3-4,8-9,16H,2,5-7,10-14H2,(H,20,22)(H,21,23)(H,24,25)(H2,26,27,28). The highest BCUT2D eigenvalue weighted by Gasteiger charge is 2.24. The van der Waals surface area contributed by atoms with E-state index < -0.39 is 32.3 Å². The number of nitrogens with one attached hydrogen (secondary N) is 2. The zero-order chi connectivity index (χ0) is 22.4. The number of carboxylic acid groups (broad SMARTS) is 1. The Bertz CT molecular complexity index is 723. The first-order valence-corrected chi connectivity index (χ1v) is 11.2. The molecule has 0 aliphatic carbocycles. The summed E-state index contributed by atoms with van der Waals surface area (Å²) in [4.78, 5) is 51.8. The second-order valence-corrected chi connectivity index (χ2v) is 7.98. The molecular weight excluding hydrogens is 415 g/mol. The van der Waals surface area contributed by atoms with Gasteiger partial charge in [-0.3, -0.25) is 14.1 Å². The average Bonchev–Trinajstić information content (AvgIpc) is 2.67. The smallest absolute Gasteiger partial charge is 0.469 e. The van der Waals surface area contributed by atoms with Crippen molar-refractivity contribution in [2.75, 3.05) is 13.2 Å². The summed E-state index contributed by atoms with van der Waals surface area (Å²) in [5, 5.41) is 13.9. The highest BCUT2D eigenvalue weighted by molar-refractivity contribution is 7.46. The lowest BCUT2D eigenvalue weighted by Gasteiger charge is -2.15. The van der Waals surface area contributed by atoms with Crippen LogP contribution in [0.15, 0.2) is 30.3 Å². The summed E-state index contributed by atoms with van der Waals surface area (Å²) in [7, 11) is -4.82. The molecule has 1 aromatic rings. The van der Waals surface area contributed by atoms with Gasteiger partial charge in [-0.1, -0.05) is 36.8 Å². The predicted molar refractivity (Wildman–Crippen MR) is 108 cm³/mol. The van der Waals surface area contributed by atoms with E-state index in [1.807, 2.05) is 30.3 Å². The molecule has 0 heterocycles. The number of amides is 2. The molecule has 10 nitrogen and oxygen atoms in total. The van der Waals surface area contributed by atoms with Gasteiger partial charge >= 0.3 is 13.8 Å². The lowest BCUT2D eigenvalue weighted by molar-refractivity contribution is -0.142. The van der Waals surface area contributed by atoms with E-state index in [2.05, 4.69) is 15.2 Å². The predicted octanol–water partition coefficient (Wildman–Crippen LogP) is 1.36. The van der Waals surface area contributed by atoms with E-state index >= 15 is 0 Å². The largest absolute Gasteiger partial charge is 0.480 e. The lowest BCUT2D eigenvalue weighted by Crippen LogP contribution is -2.43. The van der Waals surface area contributed by atoms with Gasteiger partial charge in [0.15, 0.2) is 6.04 Å². The van der Waals surface area contributed by atoms with Crippen molar-refractivity contribution in [1.82, 2.24) is 10.6 Å². The Labute approximate surface area is 175 Å². The minimum absolute atomic E-state index is 0.0157. The van der Waals surface area contributed by atoms with Crippen molar-refractivity contribution in [3.63, 3.8) is 0 Å². The molecule has 0 fully saturated rings. The quantitative estimate of drug-likeness (QED) is 0.200. The molecule has 0 bridgehead atoms. The Morgan fingerprint density at radius 1 is 0.967 bits per heavy atom. The number of phosphoric acid groups is 1. The van der Waals surface area contributed by atoms with Crippen LogP contribution in [0.1, 0.15) is 44.1 Å². The Morgan fingerprint density at radius 3 is 2.27 bits per heavy atom. The van der Waals surface area contributed by atoms with Crippen molar-refractivity contribution >= 4 is 25.6 Å². The number of carbonyl (C=O) groups excluding carboxylic acids is 2. The van der Waals surface area contributed by atoms with Crippen molar-refractivity contribution in [2.24, 2.45) is 0 Å². The SMILES string of the molecule is O=C(CCCc1ccccc1)NCCCCCC(=O)NC(COP(=O)(O)O)C(=O)O. The molecule has 0 aliphatic heterocycles. The summed E-state index contributed by atoms with van der Waals surface area (Å²) in [6.45, 7) is -0.332. The summed E-state index contributed by atoms with van der Waals surface area (Å²) in [6, 6.07) is 8.39. The number of rotatable bonds is 15. The maximum atomic E-state index is 11.8. The molecule has 30 heavy (non-hydrogen) atoms. The number of benzene rings is 1. The van der Waals surface area contributed by atoms with E-state index in [9.17, 15) is 18.9 Å². The van der Waals surface area contributed by atoms with Gasteiger partial charge in [0.1, 0.15) is 0 Å². The maximum absolute atomic E-state index is 11.8. The van der Waals surface area contributed by atoms with Gasteiger partial charge in [0, 0.05) is 19.4 Å². The number of carbonyl (C=O) groups is 3. The van der Waals surface area contributed by atoms with E-state index in [0.29, 0.717) is 32.2 Å². The van der Waals surface area contributed by atoms with Gasteiger partial charge in [-0.15, -0.1) is 0 Å². The van der Waals surface area contributed by atoms with Gasteiger partial charge in [0.2, 0.25) is 11.8 Å². The summed E-state index contributed by atoms with van der Waals surface area (Å²) in [5.41, 5.74) is 1.20. The molecule has 0 saturated carbocycles. The van der Waals surface area contributed by atoms with E-state index in [0.717, 1.165) is 12.8 Å². The van der Waals surface area contributed by atoms with Crippen molar-refractivity contribution in [3.05, 3.63) is 35.9 Å². The fourth-order valence-corrected chi connectivity index (χ4v) is 2.96. The Kier molecular flexibility index (Phi) is 11.9. The third-order valence-electron chi connectivity index (χ3n) is 4.16. The second kappa shape index (κ2) is 13.9. The number of aliphatic carboxylic acids is 1. The summed E-state index contributed by atoms with van der Waals surface area (Å²) in [5.74, 6) is -2.02. The summed E-state index contributed by atoms with van der Waals surface area (Å²) < 4.78 is 14.7. The molecule has 0 radical (unpaired) electrons. The fourth-order valence-electron chi connectivity index (χ4n) is 2.61. The highest BCUT2D eigenvalue weighted by atomic mass is 31.2. The van der Waals surface area contributed by atoms with Crippen LogP contribution in [0.3, 0.4) is 0 Å². The van der Waals surface area contributed by atoms with Gasteiger partial charge in [-0.2, -0.15) is 0 Å². The van der Waals surface area contributed by atoms with Crippen LogP contribution in [0.4, 0.5) is 0 Å². The van der Waals surface area contributed by atoms with Gasteiger partial charge < -0.3 is 25.5 Å². The minimum Gasteiger partial charge on any atom is -0.480 e. The summed E-state index contributed by atoms with van der Waals surface area (Å²) in [6.07, 6.45) is 3.96. The molecule has 0 aromatic heterocycles. The van der Waals surface area contributed by atoms with Gasteiger partial charge in [-0.05, 0) is 31.2 Å². The number of hydrogen-bond donors (Lipinski definition) is 5. The lowest BCUT2D eigenvalue weighted by atomic mass is 10.1. The third-order valence-corrected chi connectivity index (χ3v) is 4.64. The Balaban J connectivity index is 2.09. The van der Waals surface area contributed by atoms with Crippen LogP contribution in [-0.4, -0.2) is 51.9 Å². The molecule has 1 atom stereocenters. The van der Waals surface area contributed by atoms with Crippen LogP contribution in [0.25, 0.3) is 0 Å². The fraction of sp³-hybridized carbons (Fsp3) is 0.526. The van der Waals surface area contributed by atoms with Crippen LogP contribution in [-0.2, 0) is 29.9 Å². The molecule has 1 aromatic carbocycles.